The number of urea groups is 1. The number of rotatable bonds is 40. The van der Waals surface area contributed by atoms with Crippen LogP contribution in [-0.4, -0.2) is 255 Å². The highest BCUT2D eigenvalue weighted by atomic mass is 16.5. The Morgan fingerprint density at radius 2 is 1.02 bits per heavy atom. The first-order valence-electron chi connectivity index (χ1n) is 36.3. The number of aliphatic imine (C=N–C) groups is 1. The molecule has 1 saturated heterocycles. The summed E-state index contributed by atoms with van der Waals surface area (Å²) in [4.78, 5) is 152. The van der Waals surface area contributed by atoms with Crippen molar-refractivity contribution in [3.8, 4) is 22.6 Å². The Balaban J connectivity index is 0.938. The SMILES string of the molecule is CCC(=O)NCCNC(=O)/N=C(/N)NCCC[C@@H](NC(=O)C(c1ccccc1)c1cccc(OCCCCNC(=O)[C@@H](CCCNC(=O)OCC2c3ccccc3-c3ccccc32)NC(=O)CCNC(=O)CN2CCN(CC(=O)O)CCN(CC(=O)O)CCN(CC(=O)O)CC2)c1)C(=O)NCc1ccc(O)cc1. The molecular formula is C76H101N15O17. The van der Waals surface area contributed by atoms with E-state index >= 15 is 0 Å². The van der Waals surface area contributed by atoms with E-state index in [2.05, 4.69) is 52.8 Å². The Kier molecular flexibility index (Phi) is 35.3. The van der Waals surface area contributed by atoms with Crippen LogP contribution in [0.4, 0.5) is 9.59 Å². The molecule has 0 aromatic heterocycles. The summed E-state index contributed by atoms with van der Waals surface area (Å²) in [6, 6.07) is 35.4. The highest BCUT2D eigenvalue weighted by molar-refractivity contribution is 5.93. The summed E-state index contributed by atoms with van der Waals surface area (Å²) in [6.07, 6.45) is 1.10. The van der Waals surface area contributed by atoms with E-state index in [1.807, 2.05) is 54.6 Å². The number of carboxylic acids is 3. The summed E-state index contributed by atoms with van der Waals surface area (Å²) in [7, 11) is 0. The van der Waals surface area contributed by atoms with Crippen LogP contribution in [0.3, 0.4) is 0 Å². The van der Waals surface area contributed by atoms with E-state index in [4.69, 9.17) is 15.2 Å². The van der Waals surface area contributed by atoms with Gasteiger partial charge in [-0.25, -0.2) is 9.59 Å². The minimum absolute atomic E-state index is 0.0558. The van der Waals surface area contributed by atoms with Crippen molar-refractivity contribution in [2.75, 3.05) is 131 Å². The van der Waals surface area contributed by atoms with Crippen molar-refractivity contribution >= 4 is 71.4 Å². The molecule has 32 heteroatoms. The number of aliphatic carboxylic acids is 3. The first-order valence-corrected chi connectivity index (χ1v) is 36.3. The van der Waals surface area contributed by atoms with Gasteiger partial charge in [0.2, 0.25) is 35.4 Å². The first kappa shape index (κ1) is 84.0. The lowest BCUT2D eigenvalue weighted by atomic mass is 9.90. The summed E-state index contributed by atoms with van der Waals surface area (Å²) in [5.74, 6) is -6.67. The number of ether oxygens (including phenoxy) is 2. The Morgan fingerprint density at radius 1 is 0.500 bits per heavy atom. The van der Waals surface area contributed by atoms with Gasteiger partial charge in [-0.3, -0.25) is 62.8 Å². The molecule has 1 fully saturated rings. The highest BCUT2D eigenvalue weighted by Crippen LogP contribution is 2.44. The van der Waals surface area contributed by atoms with Crippen LogP contribution in [0.5, 0.6) is 11.5 Å². The maximum Gasteiger partial charge on any atom is 0.407 e. The number of phenolic OH excluding ortho intramolecular Hbond substituents is 1. The molecule has 3 atom stereocenters. The average Bonchev–Trinajstić information content (AvgIpc) is 1.62. The van der Waals surface area contributed by atoms with Gasteiger partial charge >= 0.3 is 30.0 Å². The lowest BCUT2D eigenvalue weighted by Crippen LogP contribution is -2.50. The number of nitrogens with zero attached hydrogens (tertiary/aromatic N) is 5. The summed E-state index contributed by atoms with van der Waals surface area (Å²) < 4.78 is 11.9. The molecule has 2 aliphatic rings. The van der Waals surface area contributed by atoms with Crippen LogP contribution in [0.2, 0.25) is 0 Å². The van der Waals surface area contributed by atoms with Gasteiger partial charge in [0.05, 0.1) is 38.7 Å². The molecule has 1 aliphatic heterocycles. The molecular weight excluding hydrogens is 1390 g/mol. The number of carboxylic acid groups (broad SMARTS) is 3. The standard InChI is InChI=1S/C76H101N15O17/c1-2-64(93)79-34-35-82-75(105)87-74(77)81-31-13-24-63(72(103)84-46-52-25-27-55(92)28-26-52)86-73(104)70(53-15-4-3-5-16-53)54-17-12-18-56(45-54)107-44-11-10-30-80-71(102)62(23-14-32-83-76(106)108-51-61-59-21-8-6-19-57(59)58-20-7-9-22-60(58)61)85-65(94)29-33-78-66(95)47-88-36-38-89(48-67(96)97)40-42-91(50-69(100)101)43-41-90(39-37-88)49-68(98)99/h3-9,12,15-22,25-28,45,61-63,70,92H,2,10-11,13-14,23-24,29-44,46-51H2,1H3,(H,78,95)(H,79,93)(H,80,102)(H,83,106)(H,84,103)(H,85,94)(H,86,104)(H,96,97)(H,98,99)(H,100,101)(H4,77,81,82,87,105)/t62-,63-,70?/m1/s1. The van der Waals surface area contributed by atoms with Crippen molar-refractivity contribution in [3.63, 3.8) is 0 Å². The lowest BCUT2D eigenvalue weighted by Gasteiger charge is -2.32. The molecule has 1 unspecified atom stereocenters. The molecule has 582 valence electrons. The third kappa shape index (κ3) is 30.0. The lowest BCUT2D eigenvalue weighted by molar-refractivity contribution is -0.140. The number of nitrogens with two attached hydrogens (primary N) is 1. The van der Waals surface area contributed by atoms with Crippen LogP contribution in [0.15, 0.2) is 132 Å². The molecule has 1 aliphatic carbocycles. The van der Waals surface area contributed by atoms with Crippen molar-refractivity contribution in [1.29, 1.82) is 0 Å². The second-order valence-electron chi connectivity index (χ2n) is 26.1. The van der Waals surface area contributed by atoms with Gasteiger partial charge in [0.1, 0.15) is 30.2 Å². The van der Waals surface area contributed by atoms with E-state index in [0.29, 0.717) is 48.1 Å². The van der Waals surface area contributed by atoms with E-state index in [1.165, 1.54) is 12.1 Å². The van der Waals surface area contributed by atoms with Gasteiger partial charge in [0.15, 0.2) is 5.96 Å². The number of aromatic hydroxyl groups is 1. The minimum atomic E-state index is -1.09. The number of benzene rings is 5. The molecule has 108 heavy (non-hydrogen) atoms. The summed E-state index contributed by atoms with van der Waals surface area (Å²) in [5.41, 5.74) is 12.1. The summed E-state index contributed by atoms with van der Waals surface area (Å²) >= 11 is 0. The minimum Gasteiger partial charge on any atom is -0.508 e. The smallest absolute Gasteiger partial charge is 0.407 e. The molecule has 0 bridgehead atoms. The number of guanidine groups is 1. The predicted molar refractivity (Wildman–Crippen MR) is 400 cm³/mol. The quantitative estimate of drug-likeness (QED) is 0.0152. The number of fused-ring (bicyclic) bond motifs is 3. The highest BCUT2D eigenvalue weighted by Gasteiger charge is 2.32. The molecule has 5 aromatic carbocycles. The maximum atomic E-state index is 14.7. The Bertz CT molecular complexity index is 3750. The topological polar surface area (TPSA) is 447 Å². The van der Waals surface area contributed by atoms with Crippen molar-refractivity contribution in [2.45, 2.75) is 88.8 Å². The fraction of sp³-hybridized carbons (Fsp3) is 0.447. The molecule has 0 saturated carbocycles. The zero-order valence-corrected chi connectivity index (χ0v) is 60.8. The van der Waals surface area contributed by atoms with E-state index in [1.54, 1.807) is 87.2 Å². The number of hydrogen-bond acceptors (Lipinski definition) is 18. The normalized spacial score (nSPS) is 14.6. The van der Waals surface area contributed by atoms with Crippen molar-refractivity contribution in [1.82, 2.24) is 67.5 Å². The molecule has 7 rings (SSSR count). The average molecular weight is 1500 g/mol. The largest absolute Gasteiger partial charge is 0.508 e. The number of carbonyl (C=O) groups is 11. The van der Waals surface area contributed by atoms with Gasteiger partial charge < -0.3 is 83.5 Å². The van der Waals surface area contributed by atoms with Gasteiger partial charge in [-0.15, -0.1) is 0 Å². The number of amides is 9. The summed E-state index contributed by atoms with van der Waals surface area (Å²) in [5, 5.41) is 63.7. The molecule has 15 N–H and O–H groups in total. The Hall–Kier alpha value is -11.2. The van der Waals surface area contributed by atoms with Gasteiger partial charge in [-0.05, 0) is 102 Å². The number of carbonyl (C=O) groups excluding carboxylic acids is 8. The second-order valence-corrected chi connectivity index (χ2v) is 26.1. The number of alkyl carbamates (subject to hydrolysis) is 1. The van der Waals surface area contributed by atoms with Crippen LogP contribution < -0.4 is 58.3 Å². The second kappa shape index (κ2) is 45.3. The summed E-state index contributed by atoms with van der Waals surface area (Å²) in [6.45, 7) is 3.24. The number of hydrogen-bond donors (Lipinski definition) is 14. The molecule has 9 amide bonds. The van der Waals surface area contributed by atoms with Gasteiger partial charge in [0.25, 0.3) is 0 Å². The fourth-order valence-electron chi connectivity index (χ4n) is 12.4. The van der Waals surface area contributed by atoms with Crippen LogP contribution in [-0.2, 0) is 54.4 Å². The Labute approximate surface area is 627 Å². The number of nitrogens with one attached hydrogen (secondary N) is 9. The van der Waals surface area contributed by atoms with Gasteiger partial charge in [0, 0.05) is 117 Å². The molecule has 5 aromatic rings. The zero-order chi connectivity index (χ0) is 77.6. The zero-order valence-electron chi connectivity index (χ0n) is 60.8. The van der Waals surface area contributed by atoms with Gasteiger partial charge in [-0.1, -0.05) is 110 Å². The number of unbranched alkanes of at least 4 members (excludes halogenated alkanes) is 1. The van der Waals surface area contributed by atoms with Crippen LogP contribution in [0, 0.1) is 0 Å². The molecule has 32 nitrogen and oxygen atoms in total. The van der Waals surface area contributed by atoms with Crippen molar-refractivity contribution < 1.29 is 82.6 Å². The van der Waals surface area contributed by atoms with Crippen LogP contribution >= 0.6 is 0 Å². The third-order valence-electron chi connectivity index (χ3n) is 18.0. The van der Waals surface area contributed by atoms with Gasteiger partial charge in [-0.2, -0.15) is 4.99 Å². The molecule has 0 spiro atoms. The Morgan fingerprint density at radius 3 is 1.61 bits per heavy atom. The first-order chi connectivity index (χ1) is 52.1. The van der Waals surface area contributed by atoms with E-state index in [0.717, 1.165) is 22.3 Å². The van der Waals surface area contributed by atoms with E-state index in [-0.39, 0.29) is 187 Å². The molecule has 1 heterocycles. The van der Waals surface area contributed by atoms with Crippen LogP contribution in [0.25, 0.3) is 11.1 Å². The molecule has 0 radical (unpaired) electrons. The van der Waals surface area contributed by atoms with Crippen LogP contribution in [0.1, 0.15) is 97.9 Å². The van der Waals surface area contributed by atoms with Crippen molar-refractivity contribution in [3.05, 3.63) is 155 Å². The fourth-order valence-corrected chi connectivity index (χ4v) is 12.4. The van der Waals surface area contributed by atoms with E-state index < -0.39 is 77.6 Å². The maximum absolute atomic E-state index is 14.7. The number of phenols is 1. The van der Waals surface area contributed by atoms with E-state index in [9.17, 15) is 73.2 Å². The predicted octanol–water partition coefficient (Wildman–Crippen LogP) is 2.31. The van der Waals surface area contributed by atoms with Crippen molar-refractivity contribution in [2.24, 2.45) is 10.7 Å². The monoisotopic (exact) mass is 1500 g/mol. The third-order valence-corrected chi connectivity index (χ3v) is 18.0.